The Hall–Kier alpha value is -0.273. The molecule has 1 aliphatic heterocycles. The van der Waals surface area contributed by atoms with Crippen LogP contribution in [0.15, 0.2) is 0 Å². The molecular weight excluding hydrogens is 288 g/mol. The molecule has 0 aromatic heterocycles. The zero-order chi connectivity index (χ0) is 16.6. The van der Waals surface area contributed by atoms with Crippen molar-refractivity contribution in [3.05, 3.63) is 0 Å². The molecule has 0 aromatic rings. The summed E-state index contributed by atoms with van der Waals surface area (Å²) in [5.74, 6) is -0.910. The predicted molar refractivity (Wildman–Crippen MR) is 83.7 cm³/mol. The highest BCUT2D eigenvalue weighted by Gasteiger charge is 2.50. The van der Waals surface area contributed by atoms with E-state index in [1.54, 1.807) is 13.8 Å². The van der Waals surface area contributed by atoms with Crippen LogP contribution < -0.4 is 0 Å². The van der Waals surface area contributed by atoms with Crippen LogP contribution in [0.25, 0.3) is 0 Å². The molecule has 0 spiro atoms. The maximum atomic E-state index is 12.1. The molecule has 0 saturated carbocycles. The summed E-state index contributed by atoms with van der Waals surface area (Å²) >= 11 is 0. The molecule has 21 heavy (non-hydrogen) atoms. The topological polar surface area (TPSA) is 65.0 Å². The molecule has 0 unspecified atom stereocenters. The Labute approximate surface area is 129 Å². The van der Waals surface area contributed by atoms with Gasteiger partial charge in [-0.2, -0.15) is 0 Å². The number of carbonyl (C=O) groups excluding carboxylic acids is 1. The summed E-state index contributed by atoms with van der Waals surface area (Å²) in [4.78, 5) is 12.1. The van der Waals surface area contributed by atoms with Crippen LogP contribution in [-0.4, -0.2) is 49.9 Å². The highest BCUT2D eigenvalue weighted by molar-refractivity contribution is 6.74. The van der Waals surface area contributed by atoms with Crippen molar-refractivity contribution < 1.29 is 23.8 Å². The van der Waals surface area contributed by atoms with Crippen molar-refractivity contribution in [3.8, 4) is 0 Å². The van der Waals surface area contributed by atoms with Crippen LogP contribution in [0.4, 0.5) is 0 Å². The van der Waals surface area contributed by atoms with Crippen LogP contribution in [0.3, 0.4) is 0 Å². The van der Waals surface area contributed by atoms with E-state index >= 15 is 0 Å². The third kappa shape index (κ3) is 4.36. The molecule has 1 N–H and O–H groups in total. The van der Waals surface area contributed by atoms with E-state index in [1.807, 2.05) is 0 Å². The molecule has 1 rings (SSSR count). The van der Waals surface area contributed by atoms with Crippen molar-refractivity contribution >= 4 is 14.1 Å². The third-order valence-corrected chi connectivity index (χ3v) is 8.78. The smallest absolute Gasteiger partial charge is 0.193 e. The Morgan fingerprint density at radius 1 is 1.33 bits per heavy atom. The van der Waals surface area contributed by atoms with Gasteiger partial charge < -0.3 is 19.0 Å². The van der Waals surface area contributed by atoms with Crippen LogP contribution in [0, 0.1) is 0 Å². The van der Waals surface area contributed by atoms with Crippen molar-refractivity contribution in [2.75, 3.05) is 6.61 Å². The summed E-state index contributed by atoms with van der Waals surface area (Å²) in [6.07, 6.45) is -1.82. The molecule has 1 aliphatic rings. The number of Topliss-reactive ketones (excluding diaryl/α,β-unsaturated/α-hetero) is 1. The van der Waals surface area contributed by atoms with Crippen molar-refractivity contribution in [2.45, 2.75) is 83.8 Å². The molecule has 1 fully saturated rings. The lowest BCUT2D eigenvalue weighted by atomic mass is 10.1. The summed E-state index contributed by atoms with van der Waals surface area (Å²) in [6.45, 7) is 15.4. The Balaban J connectivity index is 3.00. The first-order valence-electron chi connectivity index (χ1n) is 7.45. The molecule has 0 amide bonds. The largest absolute Gasteiger partial charge is 0.404 e. The minimum Gasteiger partial charge on any atom is -0.404 e. The highest BCUT2D eigenvalue weighted by atomic mass is 28.4. The number of hydrogen-bond acceptors (Lipinski definition) is 5. The summed E-state index contributed by atoms with van der Waals surface area (Å²) in [5, 5.41) is 9.49. The van der Waals surface area contributed by atoms with E-state index < -0.39 is 32.4 Å². The average Bonchev–Trinajstić information content (AvgIpc) is 2.59. The van der Waals surface area contributed by atoms with Gasteiger partial charge in [-0.05, 0) is 38.9 Å². The summed E-state index contributed by atoms with van der Waals surface area (Å²) in [5.41, 5.74) is 0. The Kier molecular flexibility index (Phi) is 5.44. The SMILES string of the molecule is CC(=O)[C@@H](O[Si](C)(C)C(C)(C)C)[C@@H]1OC(C)(C)O[C@@H]1CO. The molecule has 6 heteroatoms. The van der Waals surface area contributed by atoms with Crippen LogP contribution in [-0.2, 0) is 18.7 Å². The maximum absolute atomic E-state index is 12.1. The molecule has 0 aliphatic carbocycles. The van der Waals surface area contributed by atoms with Gasteiger partial charge >= 0.3 is 0 Å². The number of ether oxygens (including phenoxy) is 2. The second-order valence-corrected chi connectivity index (χ2v) is 12.5. The fourth-order valence-electron chi connectivity index (χ4n) is 2.14. The number of carbonyl (C=O) groups is 1. The fraction of sp³-hybridized carbons (Fsp3) is 0.933. The van der Waals surface area contributed by atoms with Crippen molar-refractivity contribution in [3.63, 3.8) is 0 Å². The molecule has 5 nitrogen and oxygen atoms in total. The molecule has 1 heterocycles. The Morgan fingerprint density at radius 3 is 2.24 bits per heavy atom. The van der Waals surface area contributed by atoms with E-state index in [0.717, 1.165) is 0 Å². The summed E-state index contributed by atoms with van der Waals surface area (Å²) in [6, 6.07) is 0. The minimum atomic E-state index is -2.13. The van der Waals surface area contributed by atoms with E-state index in [9.17, 15) is 9.90 Å². The molecule has 0 radical (unpaired) electrons. The number of ketones is 1. The molecule has 0 bridgehead atoms. The minimum absolute atomic E-state index is 0.00953. The van der Waals surface area contributed by atoms with Gasteiger partial charge in [-0.1, -0.05) is 20.8 Å². The van der Waals surface area contributed by atoms with E-state index in [-0.39, 0.29) is 17.4 Å². The monoisotopic (exact) mass is 318 g/mol. The number of aliphatic hydroxyl groups is 1. The maximum Gasteiger partial charge on any atom is 0.193 e. The summed E-state index contributed by atoms with van der Waals surface area (Å²) < 4.78 is 17.7. The predicted octanol–water partition coefficient (Wildman–Crippen LogP) is 2.48. The van der Waals surface area contributed by atoms with Gasteiger partial charge in [0.25, 0.3) is 0 Å². The van der Waals surface area contributed by atoms with Crippen molar-refractivity contribution in [1.29, 1.82) is 0 Å². The molecular formula is C15H30O5Si. The van der Waals surface area contributed by atoms with Crippen molar-refractivity contribution in [2.24, 2.45) is 0 Å². The second kappa shape index (κ2) is 6.08. The van der Waals surface area contributed by atoms with E-state index in [1.165, 1.54) is 6.92 Å². The lowest BCUT2D eigenvalue weighted by Crippen LogP contribution is -2.52. The van der Waals surface area contributed by atoms with E-state index in [4.69, 9.17) is 13.9 Å². The lowest BCUT2D eigenvalue weighted by Gasteiger charge is -2.40. The van der Waals surface area contributed by atoms with Gasteiger partial charge in [0.2, 0.25) is 0 Å². The first kappa shape index (κ1) is 18.8. The van der Waals surface area contributed by atoms with E-state index in [2.05, 4.69) is 33.9 Å². The zero-order valence-corrected chi connectivity index (χ0v) is 15.5. The van der Waals surface area contributed by atoms with Gasteiger partial charge in [-0.25, -0.2) is 0 Å². The number of hydrogen-bond donors (Lipinski definition) is 1. The third-order valence-electron chi connectivity index (χ3n) is 4.33. The van der Waals surface area contributed by atoms with Crippen molar-refractivity contribution in [1.82, 2.24) is 0 Å². The number of rotatable bonds is 5. The van der Waals surface area contributed by atoms with Gasteiger partial charge in [0, 0.05) is 0 Å². The molecule has 1 saturated heterocycles. The van der Waals surface area contributed by atoms with Gasteiger partial charge in [-0.15, -0.1) is 0 Å². The number of aliphatic hydroxyl groups excluding tert-OH is 1. The van der Waals surface area contributed by atoms with Gasteiger partial charge in [0.05, 0.1) is 6.61 Å². The Morgan fingerprint density at radius 2 is 1.86 bits per heavy atom. The van der Waals surface area contributed by atoms with Gasteiger partial charge in [-0.3, -0.25) is 4.79 Å². The zero-order valence-electron chi connectivity index (χ0n) is 14.5. The molecule has 3 atom stereocenters. The normalized spacial score (nSPS) is 27.7. The van der Waals surface area contributed by atoms with Gasteiger partial charge in [0.1, 0.15) is 18.3 Å². The Bertz CT molecular complexity index is 386. The summed E-state index contributed by atoms with van der Waals surface area (Å²) in [7, 11) is -2.13. The van der Waals surface area contributed by atoms with Crippen LogP contribution in [0.2, 0.25) is 18.1 Å². The van der Waals surface area contributed by atoms with E-state index in [0.29, 0.717) is 0 Å². The van der Waals surface area contributed by atoms with Crippen LogP contribution in [0.5, 0.6) is 0 Å². The fourth-order valence-corrected chi connectivity index (χ4v) is 3.42. The van der Waals surface area contributed by atoms with Gasteiger partial charge in [0.15, 0.2) is 19.9 Å². The standard InChI is InChI=1S/C15H30O5Si/c1-10(17)12(20-21(7,8)14(2,3)4)13-11(9-16)18-15(5,6)19-13/h11-13,16H,9H2,1-8H3/t11-,12-,13-/m1/s1. The second-order valence-electron chi connectivity index (χ2n) is 7.73. The highest BCUT2D eigenvalue weighted by Crippen LogP contribution is 2.39. The average molecular weight is 318 g/mol. The molecule has 124 valence electrons. The lowest BCUT2D eigenvalue weighted by molar-refractivity contribution is -0.159. The van der Waals surface area contributed by atoms with Crippen LogP contribution in [0.1, 0.15) is 41.5 Å². The van der Waals surface area contributed by atoms with Crippen LogP contribution >= 0.6 is 0 Å². The first-order chi connectivity index (χ1) is 9.31. The quantitative estimate of drug-likeness (QED) is 0.789. The first-order valence-corrected chi connectivity index (χ1v) is 10.4. The molecule has 0 aromatic carbocycles.